The van der Waals surface area contributed by atoms with Crippen molar-refractivity contribution >= 4 is 11.9 Å². The molecule has 1 N–H and O–H groups in total. The number of hydrogen-bond acceptors (Lipinski definition) is 3. The summed E-state index contributed by atoms with van der Waals surface area (Å²) in [7, 11) is 0. The smallest absolute Gasteiger partial charge is 0.328 e. The van der Waals surface area contributed by atoms with Gasteiger partial charge in [0, 0.05) is 5.92 Å². The predicted molar refractivity (Wildman–Crippen MR) is 65.4 cm³/mol. The first-order chi connectivity index (χ1) is 8.00. The first kappa shape index (κ1) is 14.0. The van der Waals surface area contributed by atoms with Crippen LogP contribution >= 0.6 is 0 Å². The molecule has 0 heterocycles. The molecule has 0 radical (unpaired) electrons. The van der Waals surface area contributed by atoms with Gasteiger partial charge in [-0.05, 0) is 32.1 Å². The van der Waals surface area contributed by atoms with Crippen molar-refractivity contribution in [1.29, 1.82) is 0 Å². The fourth-order valence-corrected chi connectivity index (χ4v) is 1.58. The number of nitrogens with one attached hydrogen (secondary N) is 1. The van der Waals surface area contributed by atoms with Crippen molar-refractivity contribution in [1.82, 2.24) is 5.32 Å². The van der Waals surface area contributed by atoms with Gasteiger partial charge in [-0.15, -0.1) is 0 Å². The Bertz CT molecular complexity index is 272. The van der Waals surface area contributed by atoms with Crippen LogP contribution in [0.25, 0.3) is 0 Å². The molecule has 17 heavy (non-hydrogen) atoms. The minimum atomic E-state index is -0.532. The molecular weight excluding hydrogens is 218 g/mol. The molecule has 0 bridgehead atoms. The van der Waals surface area contributed by atoms with E-state index in [1.54, 1.807) is 6.92 Å². The quantitative estimate of drug-likeness (QED) is 0.722. The predicted octanol–water partition coefficient (Wildman–Crippen LogP) is 1.88. The molecule has 0 aliphatic heterocycles. The maximum atomic E-state index is 11.6. The lowest BCUT2D eigenvalue weighted by Crippen LogP contribution is -2.44. The average molecular weight is 241 g/mol. The third-order valence-corrected chi connectivity index (χ3v) is 3.13. The van der Waals surface area contributed by atoms with E-state index in [1.165, 1.54) is 0 Å². The molecule has 0 spiro atoms. The molecule has 4 nitrogen and oxygen atoms in total. The summed E-state index contributed by atoms with van der Waals surface area (Å²) in [4.78, 5) is 23.2. The molecule has 0 aromatic carbocycles. The van der Waals surface area contributed by atoms with Gasteiger partial charge >= 0.3 is 5.97 Å². The molecule has 1 fully saturated rings. The first-order valence-electron chi connectivity index (χ1n) is 6.47. The fourth-order valence-electron chi connectivity index (χ4n) is 1.58. The molecule has 4 heteroatoms. The second-order valence-corrected chi connectivity index (χ2v) is 5.21. The summed E-state index contributed by atoms with van der Waals surface area (Å²) in [6.45, 7) is 6.26. The molecule has 0 saturated heterocycles. The van der Waals surface area contributed by atoms with Crippen molar-refractivity contribution in [3.63, 3.8) is 0 Å². The van der Waals surface area contributed by atoms with Crippen LogP contribution in [0, 0.1) is 11.8 Å². The van der Waals surface area contributed by atoms with Gasteiger partial charge in [-0.3, -0.25) is 4.79 Å². The van der Waals surface area contributed by atoms with Gasteiger partial charge in [-0.2, -0.15) is 0 Å². The second kappa shape index (κ2) is 6.62. The molecule has 0 unspecified atom stereocenters. The molecule has 98 valence electrons. The summed E-state index contributed by atoms with van der Waals surface area (Å²) in [5.74, 6) is 0.284. The van der Waals surface area contributed by atoms with Gasteiger partial charge in [0.15, 0.2) is 0 Å². The van der Waals surface area contributed by atoms with E-state index in [0.717, 1.165) is 25.7 Å². The van der Waals surface area contributed by atoms with Crippen LogP contribution in [0.1, 0.15) is 46.5 Å². The Hall–Kier alpha value is -1.06. The summed E-state index contributed by atoms with van der Waals surface area (Å²) in [6, 6.07) is -0.532. The third kappa shape index (κ3) is 4.75. The highest BCUT2D eigenvalue weighted by Crippen LogP contribution is 2.26. The van der Waals surface area contributed by atoms with Crippen LogP contribution in [0.5, 0.6) is 0 Å². The Labute approximate surface area is 103 Å². The summed E-state index contributed by atoms with van der Waals surface area (Å²) in [5.41, 5.74) is 0. The number of hydrogen-bond donors (Lipinski definition) is 1. The van der Waals surface area contributed by atoms with E-state index in [-0.39, 0.29) is 17.8 Å². The lowest BCUT2D eigenvalue weighted by molar-refractivity contribution is -0.148. The van der Waals surface area contributed by atoms with Crippen molar-refractivity contribution in [3.8, 4) is 0 Å². The van der Waals surface area contributed by atoms with Crippen LogP contribution in [-0.4, -0.2) is 24.5 Å². The lowest BCUT2D eigenvalue weighted by Gasteiger charge is -2.25. The van der Waals surface area contributed by atoms with E-state index in [1.807, 2.05) is 0 Å². The number of rotatable bonds is 6. The Morgan fingerprint density at radius 2 is 1.94 bits per heavy atom. The van der Waals surface area contributed by atoms with Crippen molar-refractivity contribution < 1.29 is 14.3 Å². The molecule has 0 aromatic rings. The Morgan fingerprint density at radius 1 is 1.29 bits per heavy atom. The summed E-state index contributed by atoms with van der Waals surface area (Å²) < 4.78 is 5.09. The van der Waals surface area contributed by atoms with E-state index < -0.39 is 6.04 Å². The van der Waals surface area contributed by atoms with Crippen LogP contribution in [-0.2, 0) is 14.3 Å². The Balaban J connectivity index is 2.19. The van der Waals surface area contributed by atoms with Crippen molar-refractivity contribution in [2.75, 3.05) is 6.61 Å². The van der Waals surface area contributed by atoms with Crippen molar-refractivity contribution in [2.24, 2.45) is 11.8 Å². The van der Waals surface area contributed by atoms with Gasteiger partial charge in [-0.25, -0.2) is 4.79 Å². The minimum absolute atomic E-state index is 0.00967. The summed E-state index contributed by atoms with van der Waals surface area (Å²) >= 11 is 0. The number of carbonyl (C=O) groups excluding carboxylic acids is 2. The van der Waals surface area contributed by atoms with Gasteiger partial charge < -0.3 is 10.1 Å². The topological polar surface area (TPSA) is 55.4 Å². The molecule has 1 rings (SSSR count). The zero-order valence-electron chi connectivity index (χ0n) is 11.0. The van der Waals surface area contributed by atoms with Crippen molar-refractivity contribution in [2.45, 2.75) is 52.5 Å². The zero-order chi connectivity index (χ0) is 12.8. The molecule has 1 aliphatic rings. The highest BCUT2D eigenvalue weighted by molar-refractivity contribution is 5.85. The molecule has 1 aliphatic carbocycles. The Kier molecular flexibility index (Phi) is 5.45. The van der Waals surface area contributed by atoms with Crippen LogP contribution in [0.4, 0.5) is 0 Å². The van der Waals surface area contributed by atoms with E-state index in [9.17, 15) is 9.59 Å². The lowest BCUT2D eigenvalue weighted by atomic mass is 9.84. The van der Waals surface area contributed by atoms with Crippen LogP contribution in [0.3, 0.4) is 0 Å². The SMILES string of the molecule is CC(C)CCOC(=O)[C@@H](C)NC(=O)C1CCC1. The van der Waals surface area contributed by atoms with E-state index in [0.29, 0.717) is 12.5 Å². The van der Waals surface area contributed by atoms with E-state index in [4.69, 9.17) is 4.74 Å². The average Bonchev–Trinajstić information content (AvgIpc) is 2.13. The number of carbonyl (C=O) groups is 2. The molecule has 1 saturated carbocycles. The maximum absolute atomic E-state index is 11.6. The summed E-state index contributed by atoms with van der Waals surface area (Å²) in [6.07, 6.45) is 3.86. The molecule has 0 aromatic heterocycles. The zero-order valence-corrected chi connectivity index (χ0v) is 11.0. The number of ether oxygens (including phenoxy) is 1. The van der Waals surface area contributed by atoms with E-state index >= 15 is 0 Å². The molecule has 1 atom stereocenters. The molecule has 1 amide bonds. The van der Waals surface area contributed by atoms with Crippen LogP contribution < -0.4 is 5.32 Å². The fraction of sp³-hybridized carbons (Fsp3) is 0.846. The van der Waals surface area contributed by atoms with Gasteiger partial charge in [-0.1, -0.05) is 20.3 Å². The minimum Gasteiger partial charge on any atom is -0.464 e. The third-order valence-electron chi connectivity index (χ3n) is 3.13. The maximum Gasteiger partial charge on any atom is 0.328 e. The van der Waals surface area contributed by atoms with Gasteiger partial charge in [0.05, 0.1) is 6.61 Å². The highest BCUT2D eigenvalue weighted by atomic mass is 16.5. The monoisotopic (exact) mass is 241 g/mol. The van der Waals surface area contributed by atoms with Gasteiger partial charge in [0.25, 0.3) is 0 Å². The van der Waals surface area contributed by atoms with Gasteiger partial charge in [0.1, 0.15) is 6.04 Å². The van der Waals surface area contributed by atoms with Crippen LogP contribution in [0.15, 0.2) is 0 Å². The number of amides is 1. The molecular formula is C13H23NO3. The Morgan fingerprint density at radius 3 is 2.41 bits per heavy atom. The second-order valence-electron chi connectivity index (χ2n) is 5.21. The normalized spacial score (nSPS) is 17.4. The van der Waals surface area contributed by atoms with Gasteiger partial charge in [0.2, 0.25) is 5.91 Å². The first-order valence-corrected chi connectivity index (χ1v) is 6.47. The van der Waals surface area contributed by atoms with Crippen LogP contribution in [0.2, 0.25) is 0 Å². The summed E-state index contributed by atoms with van der Waals surface area (Å²) in [5, 5.41) is 2.71. The van der Waals surface area contributed by atoms with Crippen molar-refractivity contribution in [3.05, 3.63) is 0 Å². The standard InChI is InChI=1S/C13H23NO3/c1-9(2)7-8-17-13(16)10(3)14-12(15)11-5-4-6-11/h9-11H,4-8H2,1-3H3,(H,14,15)/t10-/m1/s1. The van der Waals surface area contributed by atoms with E-state index in [2.05, 4.69) is 19.2 Å². The number of esters is 1. The largest absolute Gasteiger partial charge is 0.464 e. The highest BCUT2D eigenvalue weighted by Gasteiger charge is 2.27.